The number of rotatable bonds is 5. The fraction of sp³-hybridized carbons (Fsp3) is 0.316. The van der Waals surface area contributed by atoms with Gasteiger partial charge in [-0.3, -0.25) is 9.69 Å². The Morgan fingerprint density at radius 2 is 2.19 bits per heavy atom. The van der Waals surface area contributed by atoms with Crippen LogP contribution in [0.2, 0.25) is 0 Å². The minimum atomic E-state index is -0.124. The second-order valence-electron chi connectivity index (χ2n) is 6.34. The molecule has 1 unspecified atom stereocenters. The largest absolute Gasteiger partial charge is 0.491 e. The molecule has 0 amide bonds. The highest BCUT2D eigenvalue weighted by Crippen LogP contribution is 2.32. The van der Waals surface area contributed by atoms with Crippen molar-refractivity contribution in [3.63, 3.8) is 0 Å². The first-order chi connectivity index (χ1) is 12.7. The van der Waals surface area contributed by atoms with Gasteiger partial charge in [0.05, 0.1) is 13.2 Å². The van der Waals surface area contributed by atoms with Gasteiger partial charge in [-0.05, 0) is 19.4 Å². The first-order valence-corrected chi connectivity index (χ1v) is 8.63. The first kappa shape index (κ1) is 16.5. The number of aromatic nitrogens is 3. The zero-order valence-corrected chi connectivity index (χ0v) is 14.5. The number of nitrogens with zero attached hydrogens (tertiary/aromatic N) is 3. The maximum Gasteiger partial charge on any atom is 0.244 e. The lowest BCUT2D eigenvalue weighted by molar-refractivity contribution is 0.199. The lowest BCUT2D eigenvalue weighted by Gasteiger charge is -2.21. The van der Waals surface area contributed by atoms with Gasteiger partial charge < -0.3 is 14.2 Å². The van der Waals surface area contributed by atoms with E-state index in [0.717, 1.165) is 30.6 Å². The summed E-state index contributed by atoms with van der Waals surface area (Å²) in [6.45, 7) is 1.54. The Morgan fingerprint density at radius 1 is 1.35 bits per heavy atom. The van der Waals surface area contributed by atoms with Gasteiger partial charge in [0.15, 0.2) is 5.75 Å². The fourth-order valence-corrected chi connectivity index (χ4v) is 3.34. The lowest BCUT2D eigenvalue weighted by Crippen LogP contribution is -2.24. The van der Waals surface area contributed by atoms with Crippen LogP contribution in [0.15, 0.2) is 51.9 Å². The summed E-state index contributed by atoms with van der Waals surface area (Å²) < 4.78 is 10.6. The van der Waals surface area contributed by atoms with Crippen molar-refractivity contribution in [2.75, 3.05) is 13.7 Å². The van der Waals surface area contributed by atoms with Crippen LogP contribution >= 0.6 is 0 Å². The van der Waals surface area contributed by atoms with E-state index in [9.17, 15) is 4.79 Å². The molecule has 26 heavy (non-hydrogen) atoms. The highest BCUT2D eigenvalue weighted by molar-refractivity contribution is 5.53. The molecular formula is C19H20N4O3. The maximum absolute atomic E-state index is 12.0. The number of ether oxygens (including phenoxy) is 1. The van der Waals surface area contributed by atoms with Crippen LogP contribution in [0.4, 0.5) is 0 Å². The summed E-state index contributed by atoms with van der Waals surface area (Å²) in [5, 5.41) is 4.12. The van der Waals surface area contributed by atoms with Gasteiger partial charge in [-0.25, -0.2) is 0 Å². The highest BCUT2D eigenvalue weighted by atomic mass is 16.5. The molecule has 0 radical (unpaired) electrons. The standard InChI is InChI=1S/C19H20N4O3/c1-25-17-11-20-14(10-16(17)24)12-23-9-5-8-15(23)19-21-18(22-26-19)13-6-3-2-4-7-13/h2-4,6-7,10-11,15H,5,8-9,12H2,1H3,(H,20,24). The molecule has 3 heterocycles. The number of H-pyrrole nitrogens is 1. The van der Waals surface area contributed by atoms with E-state index in [1.807, 2.05) is 30.3 Å². The van der Waals surface area contributed by atoms with Gasteiger partial charge in [-0.2, -0.15) is 4.98 Å². The molecule has 134 valence electrons. The molecule has 1 fully saturated rings. The first-order valence-electron chi connectivity index (χ1n) is 8.63. The lowest BCUT2D eigenvalue weighted by atomic mass is 10.2. The Morgan fingerprint density at radius 3 is 2.96 bits per heavy atom. The van der Waals surface area contributed by atoms with E-state index in [2.05, 4.69) is 20.0 Å². The molecule has 1 aliphatic rings. The molecule has 4 rings (SSSR count). The van der Waals surface area contributed by atoms with Gasteiger partial charge in [0.1, 0.15) is 0 Å². The highest BCUT2D eigenvalue weighted by Gasteiger charge is 2.31. The van der Waals surface area contributed by atoms with Gasteiger partial charge in [0.2, 0.25) is 17.1 Å². The van der Waals surface area contributed by atoms with Gasteiger partial charge >= 0.3 is 0 Å². The molecule has 0 aliphatic carbocycles. The van der Waals surface area contributed by atoms with Crippen molar-refractivity contribution >= 4 is 0 Å². The van der Waals surface area contributed by atoms with E-state index in [1.54, 1.807) is 12.3 Å². The zero-order valence-electron chi connectivity index (χ0n) is 14.5. The molecule has 7 nitrogen and oxygen atoms in total. The molecule has 1 atom stereocenters. The third kappa shape index (κ3) is 3.25. The quantitative estimate of drug-likeness (QED) is 0.760. The van der Waals surface area contributed by atoms with E-state index in [1.165, 1.54) is 7.11 Å². The van der Waals surface area contributed by atoms with Crippen LogP contribution in [0.1, 0.15) is 30.5 Å². The van der Waals surface area contributed by atoms with E-state index in [0.29, 0.717) is 24.0 Å². The smallest absolute Gasteiger partial charge is 0.244 e. The summed E-state index contributed by atoms with van der Waals surface area (Å²) in [6, 6.07) is 11.4. The number of hydrogen-bond acceptors (Lipinski definition) is 6. The van der Waals surface area contributed by atoms with Crippen molar-refractivity contribution in [2.45, 2.75) is 25.4 Å². The molecule has 1 saturated heterocycles. The second-order valence-corrected chi connectivity index (χ2v) is 6.34. The number of pyridine rings is 1. The molecule has 0 bridgehead atoms. The third-order valence-corrected chi connectivity index (χ3v) is 4.65. The molecule has 2 aromatic heterocycles. The van der Waals surface area contributed by atoms with Crippen LogP contribution in [0.5, 0.6) is 5.75 Å². The number of nitrogens with one attached hydrogen (secondary N) is 1. The van der Waals surface area contributed by atoms with E-state index in [4.69, 9.17) is 9.26 Å². The van der Waals surface area contributed by atoms with E-state index in [-0.39, 0.29) is 11.5 Å². The molecule has 7 heteroatoms. The molecule has 1 N–H and O–H groups in total. The van der Waals surface area contributed by atoms with Crippen molar-refractivity contribution in [2.24, 2.45) is 0 Å². The summed E-state index contributed by atoms with van der Waals surface area (Å²) in [5.74, 6) is 1.54. The summed E-state index contributed by atoms with van der Waals surface area (Å²) in [5.41, 5.74) is 1.65. The number of benzene rings is 1. The van der Waals surface area contributed by atoms with Gasteiger partial charge in [0.25, 0.3) is 0 Å². The summed E-state index contributed by atoms with van der Waals surface area (Å²) in [4.78, 5) is 21.9. The average Bonchev–Trinajstić information content (AvgIpc) is 3.32. The van der Waals surface area contributed by atoms with Crippen LogP contribution in [-0.4, -0.2) is 33.7 Å². The zero-order chi connectivity index (χ0) is 17.9. The molecular weight excluding hydrogens is 332 g/mol. The number of aromatic amines is 1. The van der Waals surface area contributed by atoms with Crippen LogP contribution in [0.3, 0.4) is 0 Å². The minimum Gasteiger partial charge on any atom is -0.491 e. The number of hydrogen-bond donors (Lipinski definition) is 1. The Labute approximate surface area is 150 Å². The third-order valence-electron chi connectivity index (χ3n) is 4.65. The van der Waals surface area contributed by atoms with Crippen LogP contribution in [0, 0.1) is 0 Å². The fourth-order valence-electron chi connectivity index (χ4n) is 3.34. The van der Waals surface area contributed by atoms with E-state index >= 15 is 0 Å². The average molecular weight is 352 g/mol. The van der Waals surface area contributed by atoms with Crippen molar-refractivity contribution in [1.82, 2.24) is 20.0 Å². The summed E-state index contributed by atoms with van der Waals surface area (Å²) >= 11 is 0. The predicted octanol–water partition coefficient (Wildman–Crippen LogP) is 2.77. The normalized spacial score (nSPS) is 17.5. The second kappa shape index (κ2) is 7.13. The molecule has 0 spiro atoms. The Kier molecular flexibility index (Phi) is 4.53. The van der Waals surface area contributed by atoms with Crippen molar-refractivity contribution in [3.8, 4) is 17.1 Å². The van der Waals surface area contributed by atoms with Crippen molar-refractivity contribution < 1.29 is 9.26 Å². The van der Waals surface area contributed by atoms with Crippen LogP contribution < -0.4 is 10.2 Å². The van der Waals surface area contributed by atoms with E-state index < -0.39 is 0 Å². The Balaban J connectivity index is 1.53. The summed E-state index contributed by atoms with van der Waals surface area (Å²) in [6.07, 6.45) is 3.61. The predicted molar refractivity (Wildman–Crippen MR) is 95.7 cm³/mol. The van der Waals surface area contributed by atoms with Crippen molar-refractivity contribution in [3.05, 3.63) is 64.4 Å². The van der Waals surface area contributed by atoms with Gasteiger partial charge in [0, 0.05) is 30.1 Å². The molecule has 0 saturated carbocycles. The topological polar surface area (TPSA) is 84.2 Å². The number of methoxy groups -OCH3 is 1. The van der Waals surface area contributed by atoms with Crippen molar-refractivity contribution in [1.29, 1.82) is 0 Å². The van der Waals surface area contributed by atoms with Crippen LogP contribution in [-0.2, 0) is 6.54 Å². The summed E-state index contributed by atoms with van der Waals surface area (Å²) in [7, 11) is 1.49. The molecule has 3 aromatic rings. The molecule has 1 aromatic carbocycles. The Hall–Kier alpha value is -2.93. The van der Waals surface area contributed by atoms with Crippen LogP contribution in [0.25, 0.3) is 11.4 Å². The monoisotopic (exact) mass is 352 g/mol. The van der Waals surface area contributed by atoms with Gasteiger partial charge in [-0.1, -0.05) is 35.5 Å². The van der Waals surface area contributed by atoms with Gasteiger partial charge in [-0.15, -0.1) is 0 Å². The Bertz CT molecular complexity index is 935. The SMILES string of the molecule is COc1c[nH]c(CN2CCCC2c2nc(-c3ccccc3)no2)cc1=O. The number of likely N-dealkylation sites (tertiary alicyclic amines) is 1. The minimum absolute atomic E-state index is 0.0607. The maximum atomic E-state index is 12.0. The molecule has 1 aliphatic heterocycles.